The molecule has 94 valence electrons. The Morgan fingerprint density at radius 1 is 1.53 bits per heavy atom. The van der Waals surface area contributed by atoms with Gasteiger partial charge in [0.05, 0.1) is 5.69 Å². The number of aryl methyl sites for hydroxylation is 2. The molecule has 0 saturated heterocycles. The highest BCUT2D eigenvalue weighted by atomic mass is 16.1. The van der Waals surface area contributed by atoms with Crippen LogP contribution < -0.4 is 5.32 Å². The summed E-state index contributed by atoms with van der Waals surface area (Å²) in [6.45, 7) is 5.54. The first-order chi connectivity index (χ1) is 8.20. The molecule has 1 N–H and O–H groups in total. The lowest BCUT2D eigenvalue weighted by molar-refractivity contribution is -0.124. The molecule has 1 aliphatic carbocycles. The molecule has 1 aromatic heterocycles. The molecular weight excluding hydrogens is 214 g/mol. The highest BCUT2D eigenvalue weighted by Crippen LogP contribution is 2.24. The largest absolute Gasteiger partial charge is 0.352 e. The van der Waals surface area contributed by atoms with E-state index >= 15 is 0 Å². The van der Waals surface area contributed by atoms with E-state index in [-0.39, 0.29) is 11.8 Å². The van der Waals surface area contributed by atoms with Gasteiger partial charge in [0.25, 0.3) is 0 Å². The van der Waals surface area contributed by atoms with Crippen molar-refractivity contribution in [1.29, 1.82) is 0 Å². The molecule has 4 heteroatoms. The van der Waals surface area contributed by atoms with Crippen LogP contribution in [0.25, 0.3) is 0 Å². The zero-order valence-electron chi connectivity index (χ0n) is 10.7. The van der Waals surface area contributed by atoms with E-state index < -0.39 is 0 Å². The van der Waals surface area contributed by atoms with E-state index in [0.717, 1.165) is 30.6 Å². The summed E-state index contributed by atoms with van der Waals surface area (Å²) in [6, 6.07) is 0. The second kappa shape index (κ2) is 5.34. The molecule has 1 heterocycles. The molecule has 17 heavy (non-hydrogen) atoms. The number of rotatable bonds is 4. The van der Waals surface area contributed by atoms with Crippen molar-refractivity contribution in [1.82, 2.24) is 15.1 Å². The summed E-state index contributed by atoms with van der Waals surface area (Å²) in [4.78, 5) is 11.9. The monoisotopic (exact) mass is 235 g/mol. The topological polar surface area (TPSA) is 46.9 Å². The van der Waals surface area contributed by atoms with Gasteiger partial charge in [-0.05, 0) is 26.7 Å². The van der Waals surface area contributed by atoms with Crippen molar-refractivity contribution >= 4 is 5.91 Å². The van der Waals surface area contributed by atoms with Crippen LogP contribution in [0.2, 0.25) is 0 Å². The van der Waals surface area contributed by atoms with Crippen molar-refractivity contribution < 1.29 is 4.79 Å². The van der Waals surface area contributed by atoms with Crippen LogP contribution in [0.4, 0.5) is 0 Å². The van der Waals surface area contributed by atoms with Gasteiger partial charge in [-0.25, -0.2) is 0 Å². The quantitative estimate of drug-likeness (QED) is 0.868. The fourth-order valence-electron chi connectivity index (χ4n) is 2.41. The maximum atomic E-state index is 11.9. The second-order valence-corrected chi connectivity index (χ2v) is 4.79. The molecule has 1 aliphatic rings. The average molecular weight is 235 g/mol. The minimum atomic E-state index is 0.214. The van der Waals surface area contributed by atoms with E-state index in [4.69, 9.17) is 0 Å². The molecule has 1 aromatic rings. The van der Waals surface area contributed by atoms with Gasteiger partial charge >= 0.3 is 0 Å². The molecule has 0 radical (unpaired) electrons. The summed E-state index contributed by atoms with van der Waals surface area (Å²) >= 11 is 0. The number of carbonyl (C=O) groups is 1. The molecule has 1 saturated carbocycles. The number of hydrogen-bond acceptors (Lipinski definition) is 2. The second-order valence-electron chi connectivity index (χ2n) is 4.79. The van der Waals surface area contributed by atoms with Crippen molar-refractivity contribution in [3.05, 3.63) is 17.5 Å². The van der Waals surface area contributed by atoms with Crippen molar-refractivity contribution in [3.63, 3.8) is 0 Å². The Hall–Kier alpha value is -1.32. The Kier molecular flexibility index (Phi) is 3.82. The summed E-state index contributed by atoms with van der Waals surface area (Å²) < 4.78 is 1.91. The number of nitrogens with one attached hydrogen (secondary N) is 1. The van der Waals surface area contributed by atoms with Crippen LogP contribution in [0.15, 0.2) is 6.20 Å². The third-order valence-electron chi connectivity index (χ3n) is 3.55. The summed E-state index contributed by atoms with van der Waals surface area (Å²) in [5.41, 5.74) is 2.14. The number of amides is 1. The summed E-state index contributed by atoms with van der Waals surface area (Å²) in [5.74, 6) is 0.461. The molecule has 0 spiro atoms. The highest BCUT2D eigenvalue weighted by Gasteiger charge is 2.22. The summed E-state index contributed by atoms with van der Waals surface area (Å²) in [6.07, 6.45) is 6.53. The molecule has 4 nitrogen and oxygen atoms in total. The number of aromatic nitrogens is 2. The van der Waals surface area contributed by atoms with Gasteiger partial charge in [-0.2, -0.15) is 5.10 Å². The summed E-state index contributed by atoms with van der Waals surface area (Å²) in [7, 11) is 0. The molecule has 1 fully saturated rings. The molecule has 0 bridgehead atoms. The SMILES string of the molecule is CCn1cc(CNC(=O)C2CCCC2)c(C)n1. The number of carbonyl (C=O) groups excluding carboxylic acids is 1. The average Bonchev–Trinajstić information content (AvgIpc) is 2.95. The Bertz CT molecular complexity index is 391. The van der Waals surface area contributed by atoms with Crippen LogP contribution in [0, 0.1) is 12.8 Å². The standard InChI is InChI=1S/C13H21N3O/c1-3-16-9-12(10(2)15-16)8-14-13(17)11-6-4-5-7-11/h9,11H,3-8H2,1-2H3,(H,14,17). The normalized spacial score (nSPS) is 16.4. The van der Waals surface area contributed by atoms with Crippen LogP contribution in [0.1, 0.15) is 43.9 Å². The van der Waals surface area contributed by atoms with Crippen LogP contribution in [-0.4, -0.2) is 15.7 Å². The predicted octanol–water partition coefficient (Wildman–Crippen LogP) is 2.02. The van der Waals surface area contributed by atoms with Crippen molar-refractivity contribution in [2.24, 2.45) is 5.92 Å². The first kappa shape index (κ1) is 12.1. The Morgan fingerprint density at radius 2 is 2.24 bits per heavy atom. The van der Waals surface area contributed by atoms with Crippen LogP contribution >= 0.6 is 0 Å². The summed E-state index contributed by atoms with van der Waals surface area (Å²) in [5, 5.41) is 7.40. The van der Waals surface area contributed by atoms with Gasteiger partial charge in [-0.3, -0.25) is 9.48 Å². The first-order valence-corrected chi connectivity index (χ1v) is 6.51. The van der Waals surface area contributed by atoms with E-state index in [1.807, 2.05) is 17.8 Å². The Balaban J connectivity index is 1.88. The van der Waals surface area contributed by atoms with Crippen molar-refractivity contribution in [2.45, 2.75) is 52.6 Å². The zero-order valence-corrected chi connectivity index (χ0v) is 10.7. The predicted molar refractivity (Wildman–Crippen MR) is 66.4 cm³/mol. The van der Waals surface area contributed by atoms with Gasteiger partial charge in [-0.1, -0.05) is 12.8 Å². The van der Waals surface area contributed by atoms with Gasteiger partial charge < -0.3 is 5.32 Å². The zero-order chi connectivity index (χ0) is 12.3. The van der Waals surface area contributed by atoms with E-state index in [9.17, 15) is 4.79 Å². The Labute approximate surface area is 102 Å². The van der Waals surface area contributed by atoms with Crippen LogP contribution in [0.5, 0.6) is 0 Å². The molecule has 0 atom stereocenters. The molecule has 0 aromatic carbocycles. The van der Waals surface area contributed by atoms with Crippen LogP contribution in [0.3, 0.4) is 0 Å². The first-order valence-electron chi connectivity index (χ1n) is 6.51. The smallest absolute Gasteiger partial charge is 0.223 e. The van der Waals surface area contributed by atoms with Crippen molar-refractivity contribution in [3.8, 4) is 0 Å². The molecule has 0 unspecified atom stereocenters. The maximum Gasteiger partial charge on any atom is 0.223 e. The van der Waals surface area contributed by atoms with Gasteiger partial charge in [-0.15, -0.1) is 0 Å². The lowest BCUT2D eigenvalue weighted by Gasteiger charge is -2.09. The van der Waals surface area contributed by atoms with E-state index in [1.165, 1.54) is 12.8 Å². The number of nitrogens with zero attached hydrogens (tertiary/aromatic N) is 2. The van der Waals surface area contributed by atoms with Crippen LogP contribution in [-0.2, 0) is 17.9 Å². The van der Waals surface area contributed by atoms with E-state index in [1.54, 1.807) is 0 Å². The lowest BCUT2D eigenvalue weighted by atomic mass is 10.1. The minimum absolute atomic E-state index is 0.214. The fraction of sp³-hybridized carbons (Fsp3) is 0.692. The van der Waals surface area contributed by atoms with E-state index in [2.05, 4.69) is 17.3 Å². The molecular formula is C13H21N3O. The fourth-order valence-corrected chi connectivity index (χ4v) is 2.41. The molecule has 2 rings (SSSR count). The minimum Gasteiger partial charge on any atom is -0.352 e. The highest BCUT2D eigenvalue weighted by molar-refractivity contribution is 5.78. The van der Waals surface area contributed by atoms with Crippen molar-refractivity contribution in [2.75, 3.05) is 0 Å². The van der Waals surface area contributed by atoms with Gasteiger partial charge in [0, 0.05) is 30.8 Å². The number of hydrogen-bond donors (Lipinski definition) is 1. The van der Waals surface area contributed by atoms with Gasteiger partial charge in [0.1, 0.15) is 0 Å². The third kappa shape index (κ3) is 2.87. The lowest BCUT2D eigenvalue weighted by Crippen LogP contribution is -2.28. The molecule has 1 amide bonds. The third-order valence-corrected chi connectivity index (χ3v) is 3.55. The van der Waals surface area contributed by atoms with Gasteiger partial charge in [0.2, 0.25) is 5.91 Å². The Morgan fingerprint density at radius 3 is 2.82 bits per heavy atom. The van der Waals surface area contributed by atoms with E-state index in [0.29, 0.717) is 6.54 Å². The van der Waals surface area contributed by atoms with Gasteiger partial charge in [0.15, 0.2) is 0 Å². The molecule has 0 aliphatic heterocycles. The maximum absolute atomic E-state index is 11.9.